The van der Waals surface area contributed by atoms with Crippen molar-refractivity contribution in [3.8, 4) is 6.07 Å². The predicted molar refractivity (Wildman–Crippen MR) is 43.4 cm³/mol. The maximum atomic E-state index is 8.32. The summed E-state index contributed by atoms with van der Waals surface area (Å²) in [5, 5.41) is 8.32. The summed E-state index contributed by atoms with van der Waals surface area (Å²) in [6.07, 6.45) is 7.05. The molecule has 0 aliphatic carbocycles. The van der Waals surface area contributed by atoms with E-state index in [1.54, 1.807) is 0 Å². The van der Waals surface area contributed by atoms with Crippen molar-refractivity contribution in [1.82, 2.24) is 0 Å². The van der Waals surface area contributed by atoms with E-state index in [9.17, 15) is 0 Å². The molecule has 0 aliphatic rings. The van der Waals surface area contributed by atoms with Crippen LogP contribution in [0.5, 0.6) is 0 Å². The van der Waals surface area contributed by atoms with Crippen LogP contribution in [-0.2, 0) is 0 Å². The molecule has 0 saturated carbocycles. The molecule has 0 aromatic heterocycles. The van der Waals surface area contributed by atoms with E-state index in [0.717, 1.165) is 19.3 Å². The second-order valence-electron chi connectivity index (χ2n) is 2.18. The van der Waals surface area contributed by atoms with Crippen molar-refractivity contribution < 1.29 is 0 Å². The van der Waals surface area contributed by atoms with Gasteiger partial charge >= 0.3 is 0 Å². The van der Waals surface area contributed by atoms with E-state index >= 15 is 0 Å². The normalized spacial score (nSPS) is 9.60. The Labute approximate surface area is 62.7 Å². The van der Waals surface area contributed by atoms with Gasteiger partial charge in [0.05, 0.1) is 6.07 Å². The third kappa shape index (κ3) is 5.11. The molecule has 0 saturated heterocycles. The van der Waals surface area contributed by atoms with Crippen LogP contribution in [0.1, 0.15) is 26.2 Å². The molecule has 0 atom stereocenters. The second-order valence-corrected chi connectivity index (χ2v) is 2.18. The highest BCUT2D eigenvalue weighted by Gasteiger charge is 1.88. The maximum Gasteiger partial charge on any atom is 0.0940 e. The minimum atomic E-state index is 0.685. The molecular formula is C9H13N. The zero-order valence-electron chi connectivity index (χ0n) is 6.43. The summed E-state index contributed by atoms with van der Waals surface area (Å²) in [5.41, 5.74) is 0.685. The van der Waals surface area contributed by atoms with Crippen molar-refractivity contribution in [3.63, 3.8) is 0 Å². The van der Waals surface area contributed by atoms with Crippen LogP contribution in [0, 0.1) is 11.3 Å². The van der Waals surface area contributed by atoms with Gasteiger partial charge in [0.2, 0.25) is 0 Å². The Balaban J connectivity index is 3.22. The fourth-order valence-electron chi connectivity index (χ4n) is 0.656. The highest BCUT2D eigenvalue weighted by Crippen LogP contribution is 2.03. The molecule has 10 heavy (non-hydrogen) atoms. The van der Waals surface area contributed by atoms with Crippen LogP contribution in [0.4, 0.5) is 0 Å². The molecule has 0 unspecified atom stereocenters. The Morgan fingerprint density at radius 2 is 2.40 bits per heavy atom. The van der Waals surface area contributed by atoms with Gasteiger partial charge in [-0.3, -0.25) is 0 Å². The zero-order chi connectivity index (χ0) is 7.82. The smallest absolute Gasteiger partial charge is 0.0940 e. The highest BCUT2D eigenvalue weighted by molar-refractivity contribution is 5.15. The molecule has 0 aliphatic heterocycles. The molecule has 0 rings (SSSR count). The van der Waals surface area contributed by atoms with E-state index in [1.807, 2.05) is 19.1 Å². The van der Waals surface area contributed by atoms with E-state index < -0.39 is 0 Å². The van der Waals surface area contributed by atoms with E-state index in [2.05, 4.69) is 12.7 Å². The molecule has 1 heteroatoms. The quantitative estimate of drug-likeness (QED) is 0.330. The summed E-state index contributed by atoms with van der Waals surface area (Å²) in [5.74, 6) is 0. The van der Waals surface area contributed by atoms with Gasteiger partial charge in [0.1, 0.15) is 0 Å². The lowest BCUT2D eigenvalue weighted by Crippen LogP contribution is -1.75. The minimum Gasteiger partial charge on any atom is -0.193 e. The lowest BCUT2D eigenvalue weighted by molar-refractivity contribution is 0.849. The van der Waals surface area contributed by atoms with Gasteiger partial charge in [-0.1, -0.05) is 18.7 Å². The first kappa shape index (κ1) is 8.97. The van der Waals surface area contributed by atoms with Gasteiger partial charge in [-0.05, 0) is 26.2 Å². The van der Waals surface area contributed by atoms with Crippen molar-refractivity contribution in [2.45, 2.75) is 26.2 Å². The number of nitriles is 1. The number of allylic oxidation sites excluding steroid dienone is 3. The molecule has 0 heterocycles. The van der Waals surface area contributed by atoms with Gasteiger partial charge in [-0.15, -0.1) is 0 Å². The van der Waals surface area contributed by atoms with Crippen LogP contribution in [0.25, 0.3) is 0 Å². The fraction of sp³-hybridized carbons (Fsp3) is 0.444. The van der Waals surface area contributed by atoms with Crippen LogP contribution in [0.2, 0.25) is 0 Å². The van der Waals surface area contributed by atoms with Crippen molar-refractivity contribution in [2.75, 3.05) is 0 Å². The Morgan fingerprint density at radius 3 is 2.90 bits per heavy atom. The van der Waals surface area contributed by atoms with E-state index in [1.165, 1.54) is 0 Å². The van der Waals surface area contributed by atoms with Crippen LogP contribution in [0.15, 0.2) is 24.3 Å². The molecule has 0 aromatic rings. The summed E-state index contributed by atoms with van der Waals surface area (Å²) in [6.45, 7) is 5.58. The number of unbranched alkanes of at least 4 members (excludes halogenated alkanes) is 1. The molecule has 0 radical (unpaired) electrons. The van der Waals surface area contributed by atoms with Crippen molar-refractivity contribution in [1.29, 1.82) is 5.26 Å². The van der Waals surface area contributed by atoms with Gasteiger partial charge in [0.25, 0.3) is 0 Å². The lowest BCUT2D eigenvalue weighted by atomic mass is 10.1. The Kier molecular flexibility index (Phi) is 5.47. The summed E-state index contributed by atoms with van der Waals surface area (Å²) < 4.78 is 0. The summed E-state index contributed by atoms with van der Waals surface area (Å²) in [7, 11) is 0. The van der Waals surface area contributed by atoms with Crippen molar-refractivity contribution in [3.05, 3.63) is 24.3 Å². The van der Waals surface area contributed by atoms with Crippen LogP contribution >= 0.6 is 0 Å². The predicted octanol–water partition coefficient (Wildman–Crippen LogP) is 2.81. The standard InChI is InChI=1S/C9H13N/c1-3-4-5-6-7-9(2)8-10/h3-4H,2,5-7H2,1H3. The molecule has 1 nitrogen and oxygen atoms in total. The van der Waals surface area contributed by atoms with Crippen LogP contribution < -0.4 is 0 Å². The maximum absolute atomic E-state index is 8.32. The molecule has 0 amide bonds. The molecule has 0 aromatic carbocycles. The first-order valence-corrected chi connectivity index (χ1v) is 3.50. The molecule has 0 bridgehead atoms. The summed E-state index contributed by atoms with van der Waals surface area (Å²) in [6, 6.07) is 2.02. The Morgan fingerprint density at radius 1 is 1.70 bits per heavy atom. The van der Waals surface area contributed by atoms with Crippen molar-refractivity contribution in [2.24, 2.45) is 0 Å². The van der Waals surface area contributed by atoms with E-state index in [4.69, 9.17) is 5.26 Å². The van der Waals surface area contributed by atoms with E-state index in [0.29, 0.717) is 5.57 Å². The Bertz CT molecular complexity index is 160. The lowest BCUT2D eigenvalue weighted by Gasteiger charge is -1.91. The molecule has 0 N–H and O–H groups in total. The first-order valence-electron chi connectivity index (χ1n) is 3.50. The second kappa shape index (κ2) is 6.10. The Hall–Kier alpha value is -1.03. The monoisotopic (exact) mass is 135 g/mol. The molecule has 0 fully saturated rings. The van der Waals surface area contributed by atoms with Gasteiger partial charge in [0.15, 0.2) is 0 Å². The summed E-state index contributed by atoms with van der Waals surface area (Å²) in [4.78, 5) is 0. The number of nitrogens with zero attached hydrogens (tertiary/aromatic N) is 1. The SMILES string of the molecule is C=C(C#N)CCCC=CC. The third-order valence-corrected chi connectivity index (χ3v) is 1.24. The van der Waals surface area contributed by atoms with Gasteiger partial charge in [-0.2, -0.15) is 5.26 Å². The van der Waals surface area contributed by atoms with Gasteiger partial charge < -0.3 is 0 Å². The van der Waals surface area contributed by atoms with Gasteiger partial charge in [0, 0.05) is 5.57 Å². The average molecular weight is 135 g/mol. The molecule has 54 valence electrons. The van der Waals surface area contributed by atoms with Gasteiger partial charge in [-0.25, -0.2) is 0 Å². The minimum absolute atomic E-state index is 0.685. The molecule has 0 spiro atoms. The van der Waals surface area contributed by atoms with Crippen LogP contribution in [-0.4, -0.2) is 0 Å². The third-order valence-electron chi connectivity index (χ3n) is 1.24. The molecular weight excluding hydrogens is 122 g/mol. The fourth-order valence-corrected chi connectivity index (χ4v) is 0.656. The first-order chi connectivity index (χ1) is 4.81. The van der Waals surface area contributed by atoms with Crippen molar-refractivity contribution >= 4 is 0 Å². The van der Waals surface area contributed by atoms with Crippen LogP contribution in [0.3, 0.4) is 0 Å². The van der Waals surface area contributed by atoms with E-state index in [-0.39, 0.29) is 0 Å². The topological polar surface area (TPSA) is 23.8 Å². The largest absolute Gasteiger partial charge is 0.193 e. The highest BCUT2D eigenvalue weighted by atomic mass is 14.2. The number of rotatable bonds is 4. The summed E-state index contributed by atoms with van der Waals surface area (Å²) >= 11 is 0. The average Bonchev–Trinajstić information content (AvgIpc) is 1.98. The number of hydrogen-bond acceptors (Lipinski definition) is 1. The number of hydrogen-bond donors (Lipinski definition) is 0. The zero-order valence-corrected chi connectivity index (χ0v) is 6.43.